The molecule has 3 rings (SSSR count). The Labute approximate surface area is 123 Å². The lowest BCUT2D eigenvalue weighted by Crippen LogP contribution is -2.23. The summed E-state index contributed by atoms with van der Waals surface area (Å²) < 4.78 is 4.92. The molecule has 21 heavy (non-hydrogen) atoms. The molecule has 0 radical (unpaired) electrons. The minimum Gasteiger partial charge on any atom is -0.447 e. The normalized spacial score (nSPS) is 20.7. The number of nitrogens with zero attached hydrogens (tertiary/aromatic N) is 1. The highest BCUT2D eigenvalue weighted by atomic mass is 16.6. The predicted octanol–water partition coefficient (Wildman–Crippen LogP) is 2.94. The Balaban J connectivity index is 1.64. The van der Waals surface area contributed by atoms with Crippen LogP contribution >= 0.6 is 0 Å². The summed E-state index contributed by atoms with van der Waals surface area (Å²) >= 11 is 0. The van der Waals surface area contributed by atoms with Gasteiger partial charge in [0, 0.05) is 17.8 Å². The van der Waals surface area contributed by atoms with Gasteiger partial charge >= 0.3 is 6.09 Å². The van der Waals surface area contributed by atoms with Gasteiger partial charge in [0.2, 0.25) is 5.91 Å². The monoisotopic (exact) mass is 286 g/mol. The molecule has 1 fully saturated rings. The van der Waals surface area contributed by atoms with E-state index >= 15 is 0 Å². The number of allylic oxidation sites excluding steroid dienone is 2. The molecule has 1 unspecified atom stereocenters. The van der Waals surface area contributed by atoms with Crippen LogP contribution in [-0.4, -0.2) is 25.2 Å². The van der Waals surface area contributed by atoms with E-state index in [1.54, 1.807) is 11.0 Å². The molecule has 2 amide bonds. The second kappa shape index (κ2) is 5.99. The standard InChI is InChI=1S/C16H18N2O3/c19-15(10-12-4-1-2-5-12)17-13-6-3-7-14(11-13)18-8-9-21-16(18)20/h1,3-4,6-7,11-12H,2,5,8-10H2,(H,17,19). The zero-order chi connectivity index (χ0) is 14.7. The van der Waals surface area contributed by atoms with Crippen LogP contribution in [0.2, 0.25) is 0 Å². The number of amides is 2. The number of carbonyl (C=O) groups excluding carboxylic acids is 2. The Kier molecular flexibility index (Phi) is 3.90. The number of cyclic esters (lactones) is 1. The van der Waals surface area contributed by atoms with Gasteiger partial charge in [-0.15, -0.1) is 0 Å². The van der Waals surface area contributed by atoms with E-state index in [9.17, 15) is 9.59 Å². The second-order valence-electron chi connectivity index (χ2n) is 5.33. The fourth-order valence-corrected chi connectivity index (χ4v) is 2.69. The Morgan fingerprint density at radius 2 is 2.33 bits per heavy atom. The Hall–Kier alpha value is -2.30. The zero-order valence-electron chi connectivity index (χ0n) is 11.7. The topological polar surface area (TPSA) is 58.6 Å². The number of hydrogen-bond donors (Lipinski definition) is 1. The van der Waals surface area contributed by atoms with Crippen LogP contribution in [0.25, 0.3) is 0 Å². The Morgan fingerprint density at radius 1 is 1.43 bits per heavy atom. The van der Waals surface area contributed by atoms with Crippen molar-refractivity contribution in [3.63, 3.8) is 0 Å². The Bertz CT molecular complexity index is 583. The van der Waals surface area contributed by atoms with E-state index in [4.69, 9.17) is 4.74 Å². The van der Waals surface area contributed by atoms with Crippen molar-refractivity contribution in [2.24, 2.45) is 5.92 Å². The van der Waals surface area contributed by atoms with Crippen LogP contribution < -0.4 is 10.2 Å². The number of hydrogen-bond acceptors (Lipinski definition) is 3. The predicted molar refractivity (Wildman–Crippen MR) is 80.2 cm³/mol. The van der Waals surface area contributed by atoms with E-state index in [0.717, 1.165) is 18.5 Å². The number of benzene rings is 1. The molecule has 2 aliphatic rings. The van der Waals surface area contributed by atoms with E-state index < -0.39 is 0 Å². The highest BCUT2D eigenvalue weighted by Gasteiger charge is 2.23. The number of ether oxygens (including phenoxy) is 1. The van der Waals surface area contributed by atoms with Gasteiger partial charge in [0.05, 0.1) is 6.54 Å². The smallest absolute Gasteiger partial charge is 0.414 e. The van der Waals surface area contributed by atoms with Gasteiger partial charge in [-0.05, 0) is 37.0 Å². The lowest BCUT2D eigenvalue weighted by Gasteiger charge is -2.14. The van der Waals surface area contributed by atoms with Gasteiger partial charge in [-0.1, -0.05) is 18.2 Å². The maximum absolute atomic E-state index is 12.0. The number of nitrogens with one attached hydrogen (secondary N) is 1. The summed E-state index contributed by atoms with van der Waals surface area (Å²) in [7, 11) is 0. The number of rotatable bonds is 4. The Morgan fingerprint density at radius 3 is 3.05 bits per heavy atom. The molecule has 1 aromatic rings. The number of carbonyl (C=O) groups is 2. The third-order valence-electron chi connectivity index (χ3n) is 3.76. The third-order valence-corrected chi connectivity index (χ3v) is 3.76. The van der Waals surface area contributed by atoms with Crippen molar-refractivity contribution in [1.82, 2.24) is 0 Å². The van der Waals surface area contributed by atoms with Gasteiger partial charge in [0.25, 0.3) is 0 Å². The van der Waals surface area contributed by atoms with Gasteiger partial charge in [0.1, 0.15) is 6.61 Å². The van der Waals surface area contributed by atoms with Gasteiger partial charge < -0.3 is 10.1 Å². The molecule has 0 bridgehead atoms. The molecule has 1 heterocycles. The molecule has 1 N–H and O–H groups in total. The molecule has 1 aliphatic carbocycles. The molecular formula is C16H18N2O3. The molecule has 0 saturated carbocycles. The van der Waals surface area contributed by atoms with Crippen LogP contribution in [0.4, 0.5) is 16.2 Å². The molecule has 1 atom stereocenters. The average molecular weight is 286 g/mol. The lowest BCUT2D eigenvalue weighted by molar-refractivity contribution is -0.116. The molecular weight excluding hydrogens is 268 g/mol. The summed E-state index contributed by atoms with van der Waals surface area (Å²) in [6, 6.07) is 7.29. The van der Waals surface area contributed by atoms with Crippen molar-refractivity contribution in [2.75, 3.05) is 23.4 Å². The molecule has 1 aromatic carbocycles. The highest BCUT2D eigenvalue weighted by molar-refractivity contribution is 5.93. The first kappa shape index (κ1) is 13.7. The average Bonchev–Trinajstić information content (AvgIpc) is 3.10. The summed E-state index contributed by atoms with van der Waals surface area (Å²) in [6.45, 7) is 0.951. The van der Waals surface area contributed by atoms with Crippen LogP contribution in [-0.2, 0) is 9.53 Å². The third kappa shape index (κ3) is 3.24. The number of anilines is 2. The summed E-state index contributed by atoms with van der Waals surface area (Å²) in [6.07, 6.45) is 6.51. The molecule has 5 nitrogen and oxygen atoms in total. The summed E-state index contributed by atoms with van der Waals surface area (Å²) in [4.78, 5) is 25.1. The van der Waals surface area contributed by atoms with E-state index in [1.165, 1.54) is 0 Å². The molecule has 1 aliphatic heterocycles. The van der Waals surface area contributed by atoms with Crippen molar-refractivity contribution in [3.05, 3.63) is 36.4 Å². The quantitative estimate of drug-likeness (QED) is 0.866. The molecule has 0 aromatic heterocycles. The summed E-state index contributed by atoms with van der Waals surface area (Å²) in [5, 5.41) is 2.90. The molecule has 0 spiro atoms. The summed E-state index contributed by atoms with van der Waals surface area (Å²) in [5.74, 6) is 0.356. The fourth-order valence-electron chi connectivity index (χ4n) is 2.69. The van der Waals surface area contributed by atoms with Gasteiger partial charge in [0.15, 0.2) is 0 Å². The second-order valence-corrected chi connectivity index (χ2v) is 5.33. The largest absolute Gasteiger partial charge is 0.447 e. The maximum Gasteiger partial charge on any atom is 0.414 e. The van der Waals surface area contributed by atoms with E-state index in [2.05, 4.69) is 17.5 Å². The van der Waals surface area contributed by atoms with E-state index in [0.29, 0.717) is 31.2 Å². The van der Waals surface area contributed by atoms with Gasteiger partial charge in [-0.3, -0.25) is 9.69 Å². The molecule has 1 saturated heterocycles. The summed E-state index contributed by atoms with van der Waals surface area (Å²) in [5.41, 5.74) is 1.45. The zero-order valence-corrected chi connectivity index (χ0v) is 11.7. The fraction of sp³-hybridized carbons (Fsp3) is 0.375. The van der Waals surface area contributed by atoms with Crippen molar-refractivity contribution in [2.45, 2.75) is 19.3 Å². The lowest BCUT2D eigenvalue weighted by atomic mass is 10.1. The van der Waals surface area contributed by atoms with Crippen molar-refractivity contribution in [3.8, 4) is 0 Å². The first-order valence-corrected chi connectivity index (χ1v) is 7.23. The van der Waals surface area contributed by atoms with E-state index in [1.807, 2.05) is 18.2 Å². The van der Waals surface area contributed by atoms with Crippen LogP contribution in [0.15, 0.2) is 36.4 Å². The van der Waals surface area contributed by atoms with Crippen LogP contribution in [0.5, 0.6) is 0 Å². The van der Waals surface area contributed by atoms with Gasteiger partial charge in [-0.2, -0.15) is 0 Å². The van der Waals surface area contributed by atoms with Crippen LogP contribution in [0.3, 0.4) is 0 Å². The first-order chi connectivity index (χ1) is 10.2. The highest BCUT2D eigenvalue weighted by Crippen LogP contribution is 2.24. The van der Waals surface area contributed by atoms with Crippen molar-refractivity contribution < 1.29 is 14.3 Å². The first-order valence-electron chi connectivity index (χ1n) is 7.23. The SMILES string of the molecule is O=C(CC1C=CCC1)Nc1cccc(N2CCOC2=O)c1. The van der Waals surface area contributed by atoms with Crippen molar-refractivity contribution >= 4 is 23.4 Å². The molecule has 110 valence electrons. The van der Waals surface area contributed by atoms with Crippen molar-refractivity contribution in [1.29, 1.82) is 0 Å². The minimum absolute atomic E-state index is 0.00713. The molecule has 5 heteroatoms. The van der Waals surface area contributed by atoms with Crippen LogP contribution in [0.1, 0.15) is 19.3 Å². The van der Waals surface area contributed by atoms with E-state index in [-0.39, 0.29) is 12.0 Å². The van der Waals surface area contributed by atoms with Gasteiger partial charge in [-0.25, -0.2) is 4.79 Å². The minimum atomic E-state index is -0.338. The van der Waals surface area contributed by atoms with Crippen LogP contribution in [0, 0.1) is 5.92 Å². The maximum atomic E-state index is 12.0.